The fraction of sp³-hybridized carbons (Fsp3) is 0.727. The summed E-state index contributed by atoms with van der Waals surface area (Å²) in [6, 6.07) is 3.44. The van der Waals surface area contributed by atoms with Crippen LogP contribution in [0.5, 0.6) is 0 Å². The molecule has 11 nitrogen and oxygen atoms in total. The predicted octanol–water partition coefficient (Wildman–Crippen LogP) is -0.835. The van der Waals surface area contributed by atoms with Crippen molar-refractivity contribution in [3.8, 4) is 0 Å². The highest BCUT2D eigenvalue weighted by Gasteiger charge is 2.34. The van der Waals surface area contributed by atoms with Crippen LogP contribution in [0, 0.1) is 0 Å². The minimum absolute atomic E-state index is 0.0415. The number of ether oxygens (including phenoxy) is 2. The quantitative estimate of drug-likeness (QED) is 0.341. The SMILES string of the molecule is O=C(CCC(=O)N1CCCOCCCCO[C@H]([C@H](O)CO)[C@H](O)[C@H](O)C1)NCc1ccco1. The number of β-amino-alcohol motifs (C(OH)–C–C–N with tert-alkyl or cyclic N) is 1. The molecular formula is C22H36N2O9. The van der Waals surface area contributed by atoms with E-state index >= 15 is 0 Å². The van der Waals surface area contributed by atoms with Gasteiger partial charge in [-0.15, -0.1) is 0 Å². The zero-order valence-electron chi connectivity index (χ0n) is 18.8. The van der Waals surface area contributed by atoms with Gasteiger partial charge in [0, 0.05) is 45.8 Å². The van der Waals surface area contributed by atoms with Crippen LogP contribution in [0.2, 0.25) is 0 Å². The van der Waals surface area contributed by atoms with Gasteiger partial charge in [-0.25, -0.2) is 0 Å². The Bertz CT molecular complexity index is 685. The second-order valence-electron chi connectivity index (χ2n) is 8.01. The molecular weight excluding hydrogens is 436 g/mol. The zero-order chi connectivity index (χ0) is 24.1. The molecule has 1 aliphatic heterocycles. The summed E-state index contributed by atoms with van der Waals surface area (Å²) < 4.78 is 16.2. The maximum atomic E-state index is 12.8. The van der Waals surface area contributed by atoms with Crippen molar-refractivity contribution in [2.24, 2.45) is 0 Å². The number of rotatable bonds is 7. The van der Waals surface area contributed by atoms with Crippen molar-refractivity contribution in [2.45, 2.75) is 63.1 Å². The Balaban J connectivity index is 1.94. The van der Waals surface area contributed by atoms with Gasteiger partial charge in [-0.2, -0.15) is 0 Å². The molecule has 11 heteroatoms. The highest BCUT2D eigenvalue weighted by molar-refractivity contribution is 5.83. The van der Waals surface area contributed by atoms with Gasteiger partial charge in [-0.1, -0.05) is 0 Å². The second kappa shape index (κ2) is 15.0. The first-order valence-electron chi connectivity index (χ1n) is 11.3. The average molecular weight is 473 g/mol. The lowest BCUT2D eigenvalue weighted by Gasteiger charge is -2.33. The van der Waals surface area contributed by atoms with E-state index < -0.39 is 31.0 Å². The van der Waals surface area contributed by atoms with Crippen molar-refractivity contribution in [3.05, 3.63) is 24.2 Å². The largest absolute Gasteiger partial charge is 0.467 e. The summed E-state index contributed by atoms with van der Waals surface area (Å²) in [5.74, 6) is -0.0737. The van der Waals surface area contributed by atoms with Gasteiger partial charge < -0.3 is 44.5 Å². The van der Waals surface area contributed by atoms with Crippen molar-refractivity contribution in [1.82, 2.24) is 10.2 Å². The summed E-state index contributed by atoms with van der Waals surface area (Å²) in [5, 5.41) is 43.1. The van der Waals surface area contributed by atoms with Crippen LogP contribution in [0.1, 0.15) is 37.9 Å². The molecule has 188 valence electrons. The van der Waals surface area contributed by atoms with E-state index in [1.54, 1.807) is 12.1 Å². The zero-order valence-corrected chi connectivity index (χ0v) is 18.8. The minimum atomic E-state index is -1.52. The molecule has 0 unspecified atom stereocenters. The van der Waals surface area contributed by atoms with E-state index in [1.807, 2.05) is 0 Å². The molecule has 5 N–H and O–H groups in total. The number of hydrogen-bond donors (Lipinski definition) is 5. The van der Waals surface area contributed by atoms with Gasteiger partial charge in [0.05, 0.1) is 19.4 Å². The highest BCUT2D eigenvalue weighted by Crippen LogP contribution is 2.14. The summed E-state index contributed by atoms with van der Waals surface area (Å²) in [6.45, 7) is 0.777. The number of aliphatic hydroxyl groups excluding tert-OH is 4. The van der Waals surface area contributed by atoms with E-state index in [2.05, 4.69) is 5.32 Å². The number of aliphatic hydroxyl groups is 4. The Labute approximate surface area is 193 Å². The second-order valence-corrected chi connectivity index (χ2v) is 8.01. The minimum Gasteiger partial charge on any atom is -0.467 e. The van der Waals surface area contributed by atoms with Gasteiger partial charge in [-0.3, -0.25) is 9.59 Å². The molecule has 2 heterocycles. The van der Waals surface area contributed by atoms with Gasteiger partial charge in [-0.05, 0) is 31.4 Å². The number of hydrogen-bond acceptors (Lipinski definition) is 9. The third-order valence-electron chi connectivity index (χ3n) is 5.37. The molecule has 1 saturated heterocycles. The normalized spacial score (nSPS) is 24.6. The first-order chi connectivity index (χ1) is 15.9. The number of furan rings is 1. The van der Waals surface area contributed by atoms with Crippen molar-refractivity contribution in [1.29, 1.82) is 0 Å². The number of carbonyl (C=O) groups is 2. The molecule has 2 amide bonds. The molecule has 0 aliphatic carbocycles. The first-order valence-corrected chi connectivity index (χ1v) is 11.3. The average Bonchev–Trinajstić information content (AvgIpc) is 3.34. The third-order valence-corrected chi connectivity index (χ3v) is 5.37. The molecule has 0 saturated carbocycles. The van der Waals surface area contributed by atoms with Crippen LogP contribution < -0.4 is 5.32 Å². The summed E-state index contributed by atoms with van der Waals surface area (Å²) in [6.07, 6.45) is -2.29. The van der Waals surface area contributed by atoms with Crippen LogP contribution in [0.3, 0.4) is 0 Å². The summed E-state index contributed by atoms with van der Waals surface area (Å²) in [5.41, 5.74) is 0. The Morgan fingerprint density at radius 2 is 1.91 bits per heavy atom. The number of nitrogens with zero attached hydrogens (tertiary/aromatic N) is 1. The molecule has 0 spiro atoms. The van der Waals surface area contributed by atoms with E-state index in [1.165, 1.54) is 11.2 Å². The van der Waals surface area contributed by atoms with Crippen LogP contribution in [0.25, 0.3) is 0 Å². The predicted molar refractivity (Wildman–Crippen MR) is 116 cm³/mol. The van der Waals surface area contributed by atoms with E-state index in [0.717, 1.165) is 0 Å². The summed E-state index contributed by atoms with van der Waals surface area (Å²) in [7, 11) is 0. The van der Waals surface area contributed by atoms with Crippen LogP contribution in [0.15, 0.2) is 22.8 Å². The van der Waals surface area contributed by atoms with Crippen LogP contribution in [-0.4, -0.2) is 101 Å². The van der Waals surface area contributed by atoms with E-state index in [9.17, 15) is 30.0 Å². The first kappa shape index (κ1) is 27.2. The van der Waals surface area contributed by atoms with Gasteiger partial charge in [0.25, 0.3) is 0 Å². The summed E-state index contributed by atoms with van der Waals surface area (Å²) >= 11 is 0. The lowest BCUT2D eigenvalue weighted by molar-refractivity contribution is -0.152. The smallest absolute Gasteiger partial charge is 0.223 e. The number of carbonyl (C=O) groups excluding carboxylic acids is 2. The van der Waals surface area contributed by atoms with Crippen molar-refractivity contribution in [3.63, 3.8) is 0 Å². The molecule has 0 aromatic carbocycles. The van der Waals surface area contributed by atoms with Gasteiger partial charge >= 0.3 is 0 Å². The molecule has 0 bridgehead atoms. The van der Waals surface area contributed by atoms with Crippen LogP contribution in [0.4, 0.5) is 0 Å². The number of amides is 2. The fourth-order valence-corrected chi connectivity index (χ4v) is 3.46. The van der Waals surface area contributed by atoms with Crippen molar-refractivity contribution in [2.75, 3.05) is 39.5 Å². The van der Waals surface area contributed by atoms with E-state index in [0.29, 0.717) is 38.2 Å². The third kappa shape index (κ3) is 9.78. The molecule has 0 radical (unpaired) electrons. The molecule has 1 aromatic rings. The van der Waals surface area contributed by atoms with Crippen LogP contribution >= 0.6 is 0 Å². The molecule has 1 aliphatic rings. The maximum absolute atomic E-state index is 12.8. The molecule has 4 atom stereocenters. The van der Waals surface area contributed by atoms with Crippen molar-refractivity contribution >= 4 is 11.8 Å². The van der Waals surface area contributed by atoms with Crippen LogP contribution in [-0.2, 0) is 25.6 Å². The van der Waals surface area contributed by atoms with Crippen molar-refractivity contribution < 1.29 is 43.9 Å². The Morgan fingerprint density at radius 3 is 2.64 bits per heavy atom. The fourth-order valence-electron chi connectivity index (χ4n) is 3.46. The lowest BCUT2D eigenvalue weighted by Crippen LogP contribution is -2.52. The van der Waals surface area contributed by atoms with E-state index in [-0.39, 0.29) is 50.9 Å². The Kier molecular flexibility index (Phi) is 12.4. The number of nitrogens with one attached hydrogen (secondary N) is 1. The molecule has 33 heavy (non-hydrogen) atoms. The summed E-state index contributed by atoms with van der Waals surface area (Å²) in [4.78, 5) is 26.2. The monoisotopic (exact) mass is 472 g/mol. The Hall–Kier alpha value is -2.02. The Morgan fingerprint density at radius 1 is 1.15 bits per heavy atom. The van der Waals surface area contributed by atoms with Gasteiger partial charge in [0.15, 0.2) is 0 Å². The van der Waals surface area contributed by atoms with E-state index in [4.69, 9.17) is 13.9 Å². The van der Waals surface area contributed by atoms with Gasteiger partial charge in [0.2, 0.25) is 11.8 Å². The topological polar surface area (TPSA) is 162 Å². The highest BCUT2D eigenvalue weighted by atomic mass is 16.5. The maximum Gasteiger partial charge on any atom is 0.223 e. The van der Waals surface area contributed by atoms with Gasteiger partial charge in [0.1, 0.15) is 30.2 Å². The lowest BCUT2D eigenvalue weighted by atomic mass is 10.0. The molecule has 2 rings (SSSR count). The molecule has 1 aromatic heterocycles. The molecule has 1 fully saturated rings. The standard InChI is InChI=1S/C22H36N2O9/c25-15-18(27)22-21(30)17(26)14-24(8-4-10-31-9-1-2-11-33-22)20(29)7-6-19(28)23-13-16-5-3-12-32-16/h3,5,12,17-18,21-22,25-27,30H,1-2,4,6-11,13-15H2,(H,23,28)/t17-,18-,21-,22-/m1/s1.